The molecule has 0 aromatic heterocycles. The zero-order chi connectivity index (χ0) is 11.1. The van der Waals surface area contributed by atoms with Crippen molar-refractivity contribution < 1.29 is 9.53 Å². The molecule has 0 saturated heterocycles. The van der Waals surface area contributed by atoms with Gasteiger partial charge in [-0.1, -0.05) is 0 Å². The summed E-state index contributed by atoms with van der Waals surface area (Å²) in [4.78, 5) is 14.7. The Kier molecular flexibility index (Phi) is 1.67. The first kappa shape index (κ1) is 8.84. The highest BCUT2D eigenvalue weighted by Crippen LogP contribution is 2.28. The van der Waals surface area contributed by atoms with Gasteiger partial charge in [-0.15, -0.1) is 0 Å². The molecule has 2 N–H and O–H groups in total. The van der Waals surface area contributed by atoms with Gasteiger partial charge in [-0.3, -0.25) is 9.69 Å². The minimum Gasteiger partial charge on any atom is -0.445 e. The van der Waals surface area contributed by atoms with E-state index in [0.717, 1.165) is 5.70 Å². The largest absolute Gasteiger partial charge is 0.445 e. The number of carbonyl (C=O) groups is 1. The lowest BCUT2D eigenvalue weighted by molar-refractivity contribution is -0.114. The van der Waals surface area contributed by atoms with Crippen molar-refractivity contribution in [2.45, 2.75) is 0 Å². The number of primary amides is 1. The second-order valence-electron chi connectivity index (χ2n) is 3.52. The van der Waals surface area contributed by atoms with Crippen LogP contribution in [0.3, 0.4) is 0 Å². The molecule has 0 saturated carbocycles. The Labute approximate surface area is 92.1 Å². The molecule has 3 aliphatic rings. The highest BCUT2D eigenvalue weighted by atomic mass is 16.5. The van der Waals surface area contributed by atoms with Gasteiger partial charge in [0.2, 0.25) is 11.8 Å². The smallest absolute Gasteiger partial charge is 0.250 e. The van der Waals surface area contributed by atoms with Crippen LogP contribution in [0.5, 0.6) is 0 Å². The van der Waals surface area contributed by atoms with Gasteiger partial charge in [0.1, 0.15) is 6.26 Å². The van der Waals surface area contributed by atoms with E-state index >= 15 is 0 Å². The fourth-order valence-corrected chi connectivity index (χ4v) is 1.66. The van der Waals surface area contributed by atoms with Crippen LogP contribution in [0.15, 0.2) is 60.4 Å². The molecule has 0 fully saturated rings. The lowest BCUT2D eigenvalue weighted by Crippen LogP contribution is -2.25. The van der Waals surface area contributed by atoms with Gasteiger partial charge in [-0.2, -0.15) is 0 Å². The summed E-state index contributed by atoms with van der Waals surface area (Å²) in [5.41, 5.74) is 6.63. The van der Waals surface area contributed by atoms with Crippen LogP contribution in [0.25, 0.3) is 0 Å². The number of nitrogens with two attached hydrogens (primary N) is 1. The third-order valence-electron chi connectivity index (χ3n) is 2.48. The number of carbonyl (C=O) groups excluding carboxylic acids is 1. The van der Waals surface area contributed by atoms with Crippen molar-refractivity contribution in [1.82, 2.24) is 9.80 Å². The van der Waals surface area contributed by atoms with Crippen molar-refractivity contribution in [2.75, 3.05) is 0 Å². The Morgan fingerprint density at radius 2 is 2.06 bits per heavy atom. The van der Waals surface area contributed by atoms with E-state index < -0.39 is 5.91 Å². The first-order valence-electron chi connectivity index (χ1n) is 4.77. The van der Waals surface area contributed by atoms with Gasteiger partial charge in [0.15, 0.2) is 0 Å². The summed E-state index contributed by atoms with van der Waals surface area (Å²) in [5, 5.41) is 0. The van der Waals surface area contributed by atoms with E-state index in [2.05, 4.69) is 0 Å². The van der Waals surface area contributed by atoms with Crippen LogP contribution in [0.1, 0.15) is 0 Å². The van der Waals surface area contributed by atoms with E-state index in [0.29, 0.717) is 11.5 Å². The van der Waals surface area contributed by atoms with Crippen LogP contribution < -0.4 is 5.73 Å². The van der Waals surface area contributed by atoms with Gasteiger partial charge in [0, 0.05) is 18.6 Å². The van der Waals surface area contributed by atoms with Gasteiger partial charge < -0.3 is 15.4 Å². The van der Waals surface area contributed by atoms with Crippen molar-refractivity contribution in [3.8, 4) is 0 Å². The molecule has 0 aromatic rings. The molecule has 0 atom stereocenters. The van der Waals surface area contributed by atoms with Gasteiger partial charge in [-0.05, 0) is 12.2 Å². The van der Waals surface area contributed by atoms with Gasteiger partial charge in [0.25, 0.3) is 0 Å². The van der Waals surface area contributed by atoms with Crippen molar-refractivity contribution >= 4 is 5.91 Å². The van der Waals surface area contributed by atoms with Crippen molar-refractivity contribution in [3.05, 3.63) is 60.4 Å². The summed E-state index contributed by atoms with van der Waals surface area (Å²) >= 11 is 0. The predicted molar refractivity (Wildman–Crippen MR) is 56.5 cm³/mol. The van der Waals surface area contributed by atoms with E-state index in [1.807, 2.05) is 23.4 Å². The molecule has 0 unspecified atom stereocenters. The number of fused-ring (bicyclic) bond motifs is 2. The van der Waals surface area contributed by atoms with Crippen LogP contribution in [0.2, 0.25) is 0 Å². The number of hydrogen-bond acceptors (Lipinski definition) is 4. The van der Waals surface area contributed by atoms with Gasteiger partial charge >= 0.3 is 0 Å². The highest BCUT2D eigenvalue weighted by Gasteiger charge is 2.22. The molecule has 16 heavy (non-hydrogen) atoms. The molecular weight excluding hydrogens is 206 g/mol. The summed E-state index contributed by atoms with van der Waals surface area (Å²) in [6.45, 7) is 0. The molecule has 0 bridgehead atoms. The van der Waals surface area contributed by atoms with Crippen molar-refractivity contribution in [1.29, 1.82) is 0 Å². The maximum atomic E-state index is 11.0. The summed E-state index contributed by atoms with van der Waals surface area (Å²) in [7, 11) is 0. The number of nitrogens with zero attached hydrogens (tertiary/aromatic N) is 2. The molecule has 0 aromatic carbocycles. The zero-order valence-corrected chi connectivity index (χ0v) is 8.33. The minimum absolute atomic E-state index is 0.443. The topological polar surface area (TPSA) is 58.8 Å². The third kappa shape index (κ3) is 1.22. The molecule has 1 amide bonds. The van der Waals surface area contributed by atoms with E-state index in [4.69, 9.17) is 10.5 Å². The summed E-state index contributed by atoms with van der Waals surface area (Å²) in [6, 6.07) is 0. The molecule has 0 spiro atoms. The lowest BCUT2D eigenvalue weighted by Gasteiger charge is -2.28. The van der Waals surface area contributed by atoms with E-state index in [1.54, 1.807) is 29.6 Å². The first-order chi connectivity index (χ1) is 7.74. The summed E-state index contributed by atoms with van der Waals surface area (Å²) < 4.78 is 5.25. The van der Waals surface area contributed by atoms with Crippen LogP contribution in [0, 0.1) is 0 Å². The Balaban J connectivity index is 1.98. The Hall–Kier alpha value is -2.43. The van der Waals surface area contributed by atoms with Gasteiger partial charge in [0.05, 0.1) is 17.5 Å². The van der Waals surface area contributed by atoms with E-state index in [-0.39, 0.29) is 0 Å². The molecule has 0 aliphatic carbocycles. The van der Waals surface area contributed by atoms with Crippen molar-refractivity contribution in [2.24, 2.45) is 5.73 Å². The number of allylic oxidation sites excluding steroid dienone is 1. The Bertz CT molecular complexity index is 511. The number of hydrogen-bond donors (Lipinski definition) is 1. The van der Waals surface area contributed by atoms with Crippen LogP contribution in [-0.4, -0.2) is 15.7 Å². The van der Waals surface area contributed by atoms with Gasteiger partial charge in [-0.25, -0.2) is 0 Å². The van der Waals surface area contributed by atoms with E-state index in [1.165, 1.54) is 0 Å². The standard InChI is InChI=1S/C11H9N3O2/c12-11(15)8-1-2-9-6-13-3-4-16-10(13)7-14(9)5-8/h1-7H,(H2,12,15). The second kappa shape index (κ2) is 3.03. The third-order valence-corrected chi connectivity index (χ3v) is 2.48. The van der Waals surface area contributed by atoms with E-state index in [9.17, 15) is 4.79 Å². The lowest BCUT2D eigenvalue weighted by atomic mass is 10.1. The molecule has 3 rings (SSSR count). The molecule has 80 valence electrons. The molecule has 3 aliphatic heterocycles. The molecular formula is C11H9N3O2. The monoisotopic (exact) mass is 215 g/mol. The summed E-state index contributed by atoms with van der Waals surface area (Å²) in [6.07, 6.45) is 12.3. The summed E-state index contributed by atoms with van der Waals surface area (Å²) in [5.74, 6) is 0.251. The fraction of sp³-hybridized carbons (Fsp3) is 0. The molecule has 0 radical (unpaired) electrons. The molecule has 3 heterocycles. The maximum Gasteiger partial charge on any atom is 0.250 e. The molecule has 5 heteroatoms. The molecule has 5 nitrogen and oxygen atoms in total. The van der Waals surface area contributed by atoms with Crippen LogP contribution in [0.4, 0.5) is 0 Å². The highest BCUT2D eigenvalue weighted by molar-refractivity contribution is 5.95. The minimum atomic E-state index is -0.443. The fourth-order valence-electron chi connectivity index (χ4n) is 1.66. The van der Waals surface area contributed by atoms with Crippen molar-refractivity contribution in [3.63, 3.8) is 0 Å². The van der Waals surface area contributed by atoms with Crippen LogP contribution >= 0.6 is 0 Å². The maximum absolute atomic E-state index is 11.0. The normalized spacial score (nSPS) is 20.6. The Morgan fingerprint density at radius 3 is 2.88 bits per heavy atom. The number of amides is 1. The first-order valence-corrected chi connectivity index (χ1v) is 4.77. The zero-order valence-electron chi connectivity index (χ0n) is 8.33. The average Bonchev–Trinajstić information content (AvgIpc) is 2.71. The predicted octanol–water partition coefficient (Wildman–Crippen LogP) is 0.685. The number of rotatable bonds is 1. The van der Waals surface area contributed by atoms with Crippen LogP contribution in [-0.2, 0) is 9.53 Å². The second-order valence-corrected chi connectivity index (χ2v) is 3.52. The SMILES string of the molecule is NC(=O)C1=CN2C=C3OC=CN3C=C2C=C1. The Morgan fingerprint density at radius 1 is 1.19 bits per heavy atom. The quantitative estimate of drug-likeness (QED) is 0.699. The average molecular weight is 215 g/mol. The number of ether oxygens (including phenoxy) is 1.